The van der Waals surface area contributed by atoms with Crippen LogP contribution in [0.5, 0.6) is 0 Å². The largest absolute Gasteiger partial charge is 0.507 e. The van der Waals surface area contributed by atoms with Crippen LogP contribution >= 0.6 is 0 Å². The maximum absolute atomic E-state index is 12.5. The van der Waals surface area contributed by atoms with Gasteiger partial charge in [-0.25, -0.2) is 4.79 Å². The number of esters is 1. The number of carbonyl (C=O) groups excluding carboxylic acids is 1. The molecule has 1 saturated heterocycles. The summed E-state index contributed by atoms with van der Waals surface area (Å²) >= 11 is 0. The highest BCUT2D eigenvalue weighted by atomic mass is 16.6. The molecule has 2 aliphatic heterocycles. The number of hydrogen-bond donors (Lipinski definition) is 2. The minimum absolute atomic E-state index is 0.0250. The number of aliphatic hydroxyl groups is 1. The number of piperidine rings is 1. The number of benzene rings is 1. The third-order valence-corrected chi connectivity index (χ3v) is 5.17. The van der Waals surface area contributed by atoms with Crippen LogP contribution in [0.3, 0.4) is 0 Å². The van der Waals surface area contributed by atoms with E-state index in [4.69, 9.17) is 4.74 Å². The van der Waals surface area contributed by atoms with Gasteiger partial charge in [-0.1, -0.05) is 30.3 Å². The summed E-state index contributed by atoms with van der Waals surface area (Å²) in [5.41, 5.74) is 0.838. The average molecular weight is 299 g/mol. The molecule has 1 aromatic rings. The molecule has 1 saturated carbocycles. The lowest BCUT2D eigenvalue weighted by atomic mass is 9.82. The van der Waals surface area contributed by atoms with Crippen molar-refractivity contribution in [2.75, 3.05) is 13.1 Å². The van der Waals surface area contributed by atoms with Crippen LogP contribution in [-0.2, 0) is 9.53 Å². The van der Waals surface area contributed by atoms with Gasteiger partial charge in [-0.3, -0.25) is 0 Å². The fourth-order valence-corrected chi connectivity index (χ4v) is 3.83. The molecule has 2 N–H and O–H groups in total. The van der Waals surface area contributed by atoms with Gasteiger partial charge < -0.3 is 15.2 Å². The predicted octanol–water partition coefficient (Wildman–Crippen LogP) is 2.67. The first-order chi connectivity index (χ1) is 10.7. The summed E-state index contributed by atoms with van der Waals surface area (Å²) in [6.45, 7) is 1.54. The number of rotatable bonds is 3. The Labute approximate surface area is 130 Å². The Morgan fingerprint density at radius 3 is 2.50 bits per heavy atom. The Balaban J connectivity index is 1.76. The van der Waals surface area contributed by atoms with Crippen LogP contribution < -0.4 is 5.32 Å². The van der Waals surface area contributed by atoms with Crippen molar-refractivity contribution in [1.82, 2.24) is 5.32 Å². The van der Waals surface area contributed by atoms with Gasteiger partial charge in [0.05, 0.1) is 5.57 Å². The van der Waals surface area contributed by atoms with E-state index in [-0.39, 0.29) is 17.6 Å². The van der Waals surface area contributed by atoms with E-state index in [9.17, 15) is 9.90 Å². The van der Waals surface area contributed by atoms with Crippen LogP contribution in [0.15, 0.2) is 41.7 Å². The first-order valence-electron chi connectivity index (χ1n) is 8.14. The van der Waals surface area contributed by atoms with Crippen LogP contribution in [0.2, 0.25) is 0 Å². The molecule has 0 aromatic heterocycles. The average Bonchev–Trinajstić information content (AvgIpc) is 3.34. The molecule has 4 rings (SSSR count). The first kappa shape index (κ1) is 13.8. The van der Waals surface area contributed by atoms with E-state index < -0.39 is 5.60 Å². The quantitative estimate of drug-likeness (QED) is 0.843. The van der Waals surface area contributed by atoms with E-state index in [0.717, 1.165) is 31.5 Å². The molecule has 2 heterocycles. The molecular weight excluding hydrogens is 278 g/mol. The van der Waals surface area contributed by atoms with Gasteiger partial charge in [0, 0.05) is 18.8 Å². The molecule has 116 valence electrons. The number of ether oxygens (including phenoxy) is 1. The molecule has 1 atom stereocenters. The lowest BCUT2D eigenvalue weighted by Gasteiger charge is -2.32. The highest BCUT2D eigenvalue weighted by Gasteiger charge is 2.52. The molecule has 3 aliphatic rings. The zero-order valence-corrected chi connectivity index (χ0v) is 12.5. The van der Waals surface area contributed by atoms with E-state index in [2.05, 4.69) is 5.32 Å². The number of nitrogens with one attached hydrogen (secondary N) is 1. The molecule has 1 aliphatic carbocycles. The van der Waals surface area contributed by atoms with Crippen molar-refractivity contribution < 1.29 is 14.6 Å². The van der Waals surface area contributed by atoms with Crippen molar-refractivity contribution in [2.45, 2.75) is 37.2 Å². The highest BCUT2D eigenvalue weighted by molar-refractivity contribution is 5.94. The summed E-state index contributed by atoms with van der Waals surface area (Å²) in [5.74, 6) is 0.298. The van der Waals surface area contributed by atoms with Gasteiger partial charge in [0.15, 0.2) is 5.60 Å². The first-order valence-corrected chi connectivity index (χ1v) is 8.14. The predicted molar refractivity (Wildman–Crippen MR) is 82.5 cm³/mol. The van der Waals surface area contributed by atoms with Gasteiger partial charge in [0.2, 0.25) is 0 Å². The fraction of sp³-hybridized carbons (Fsp3) is 0.500. The van der Waals surface area contributed by atoms with E-state index in [1.165, 1.54) is 0 Å². The normalized spacial score (nSPS) is 25.4. The Bertz CT molecular complexity index is 612. The SMILES string of the molecule is O=C1OC2(CCNCC2)C(O)=C1C(c1ccccc1)C1CC1. The lowest BCUT2D eigenvalue weighted by Crippen LogP contribution is -2.43. The number of hydrogen-bond acceptors (Lipinski definition) is 4. The molecule has 1 aromatic carbocycles. The number of carbonyl (C=O) groups is 1. The Hall–Kier alpha value is -1.81. The number of aliphatic hydroxyl groups excluding tert-OH is 1. The molecule has 0 amide bonds. The third kappa shape index (κ3) is 2.13. The molecule has 1 unspecified atom stereocenters. The minimum Gasteiger partial charge on any atom is -0.507 e. The molecule has 4 nitrogen and oxygen atoms in total. The van der Waals surface area contributed by atoms with Crippen molar-refractivity contribution in [1.29, 1.82) is 0 Å². The third-order valence-electron chi connectivity index (χ3n) is 5.17. The van der Waals surface area contributed by atoms with Crippen molar-refractivity contribution in [2.24, 2.45) is 5.92 Å². The zero-order valence-electron chi connectivity index (χ0n) is 12.5. The Morgan fingerprint density at radius 1 is 1.18 bits per heavy atom. The molecule has 0 bridgehead atoms. The van der Waals surface area contributed by atoms with Crippen molar-refractivity contribution in [3.8, 4) is 0 Å². The monoisotopic (exact) mass is 299 g/mol. The maximum Gasteiger partial charge on any atom is 0.339 e. The van der Waals surface area contributed by atoms with Gasteiger partial charge in [0.25, 0.3) is 0 Å². The molecule has 4 heteroatoms. The van der Waals surface area contributed by atoms with Crippen LogP contribution in [-0.4, -0.2) is 29.8 Å². The summed E-state index contributed by atoms with van der Waals surface area (Å²) in [6, 6.07) is 10.0. The van der Waals surface area contributed by atoms with Crippen molar-refractivity contribution in [3.05, 3.63) is 47.2 Å². The van der Waals surface area contributed by atoms with Crippen molar-refractivity contribution in [3.63, 3.8) is 0 Å². The van der Waals surface area contributed by atoms with E-state index >= 15 is 0 Å². The smallest absolute Gasteiger partial charge is 0.339 e. The molecule has 0 radical (unpaired) electrons. The Morgan fingerprint density at radius 2 is 1.86 bits per heavy atom. The van der Waals surface area contributed by atoms with Gasteiger partial charge in [-0.15, -0.1) is 0 Å². The summed E-state index contributed by atoms with van der Waals surface area (Å²) < 4.78 is 5.69. The topological polar surface area (TPSA) is 58.6 Å². The molecule has 22 heavy (non-hydrogen) atoms. The van der Waals surface area contributed by atoms with E-state index in [0.29, 0.717) is 24.3 Å². The maximum atomic E-state index is 12.5. The highest BCUT2D eigenvalue weighted by Crippen LogP contribution is 2.51. The van der Waals surface area contributed by atoms with Gasteiger partial charge in [-0.2, -0.15) is 0 Å². The summed E-state index contributed by atoms with van der Waals surface area (Å²) in [7, 11) is 0. The second-order valence-corrected chi connectivity index (χ2v) is 6.62. The summed E-state index contributed by atoms with van der Waals surface area (Å²) in [5, 5.41) is 14.1. The summed E-state index contributed by atoms with van der Waals surface area (Å²) in [6.07, 6.45) is 3.52. The second kappa shape index (κ2) is 5.13. The van der Waals surface area contributed by atoms with Crippen LogP contribution in [0.25, 0.3) is 0 Å². The fourth-order valence-electron chi connectivity index (χ4n) is 3.83. The molecule has 1 spiro atoms. The standard InChI is InChI=1S/C18H21NO3/c20-16-15(17(21)22-18(16)8-10-19-11-9-18)14(13-6-7-13)12-4-2-1-3-5-12/h1-5,13-14,19-20H,6-11H2. The van der Waals surface area contributed by atoms with Gasteiger partial charge in [0.1, 0.15) is 5.76 Å². The van der Waals surface area contributed by atoms with E-state index in [1.807, 2.05) is 30.3 Å². The van der Waals surface area contributed by atoms with Gasteiger partial charge in [-0.05, 0) is 37.4 Å². The Kier molecular flexibility index (Phi) is 3.22. The van der Waals surface area contributed by atoms with Crippen LogP contribution in [0.4, 0.5) is 0 Å². The van der Waals surface area contributed by atoms with Gasteiger partial charge >= 0.3 is 5.97 Å². The second-order valence-electron chi connectivity index (χ2n) is 6.62. The van der Waals surface area contributed by atoms with Crippen LogP contribution in [0.1, 0.15) is 37.2 Å². The van der Waals surface area contributed by atoms with E-state index in [1.54, 1.807) is 0 Å². The zero-order chi connectivity index (χ0) is 15.2. The molecular formula is C18H21NO3. The molecule has 2 fully saturated rings. The lowest BCUT2D eigenvalue weighted by molar-refractivity contribution is -0.150. The van der Waals surface area contributed by atoms with Crippen LogP contribution in [0, 0.1) is 5.92 Å². The summed E-state index contributed by atoms with van der Waals surface area (Å²) in [4.78, 5) is 12.5. The van der Waals surface area contributed by atoms with Crippen molar-refractivity contribution >= 4 is 5.97 Å². The minimum atomic E-state index is -0.778.